The zero-order valence-corrected chi connectivity index (χ0v) is 14.2. The van der Waals surface area contributed by atoms with Gasteiger partial charge in [-0.3, -0.25) is 4.90 Å². The number of hydrogen-bond donors (Lipinski definition) is 1. The monoisotopic (exact) mass is 322 g/mol. The topological polar surface area (TPSA) is 54.0 Å². The lowest BCUT2D eigenvalue weighted by molar-refractivity contribution is 0.0342. The molecule has 124 valence electrons. The summed E-state index contributed by atoms with van der Waals surface area (Å²) in [6, 6.07) is 8.72. The van der Waals surface area contributed by atoms with E-state index in [1.54, 1.807) is 6.33 Å². The summed E-state index contributed by atoms with van der Waals surface area (Å²) in [4.78, 5) is 14.8. The second-order valence-electron chi connectivity index (χ2n) is 6.44. The van der Waals surface area contributed by atoms with Gasteiger partial charge in [0.2, 0.25) is 0 Å². The molecule has 2 aromatic heterocycles. The normalized spacial score (nSPS) is 15.9. The molecule has 24 heavy (non-hydrogen) atoms. The molecule has 0 bridgehead atoms. The molecule has 4 rings (SSSR count). The van der Waals surface area contributed by atoms with Crippen molar-refractivity contribution in [3.05, 3.63) is 47.4 Å². The van der Waals surface area contributed by atoms with E-state index in [1.165, 1.54) is 16.5 Å². The van der Waals surface area contributed by atoms with E-state index in [4.69, 9.17) is 9.72 Å². The molecule has 0 spiro atoms. The van der Waals surface area contributed by atoms with Crippen LogP contribution in [0.1, 0.15) is 16.8 Å². The van der Waals surface area contributed by atoms with E-state index in [1.807, 2.05) is 6.92 Å². The third-order valence-electron chi connectivity index (χ3n) is 4.66. The number of aromatic nitrogens is 3. The van der Waals surface area contributed by atoms with Crippen LogP contribution < -0.4 is 0 Å². The number of benzene rings is 1. The Morgan fingerprint density at radius 2 is 2.00 bits per heavy atom. The Labute approximate surface area is 141 Å². The molecule has 0 atom stereocenters. The first kappa shape index (κ1) is 15.3. The summed E-state index contributed by atoms with van der Waals surface area (Å²) >= 11 is 0. The molecule has 3 aromatic rings. The van der Waals surface area contributed by atoms with Crippen LogP contribution in [0.3, 0.4) is 0 Å². The third-order valence-corrected chi connectivity index (χ3v) is 4.66. The first-order valence-electron chi connectivity index (χ1n) is 8.41. The van der Waals surface area contributed by atoms with Gasteiger partial charge in [0, 0.05) is 30.7 Å². The number of imidazole rings is 1. The van der Waals surface area contributed by atoms with Gasteiger partial charge in [0.05, 0.1) is 30.8 Å². The minimum atomic E-state index is 0.834. The van der Waals surface area contributed by atoms with Crippen molar-refractivity contribution in [1.29, 1.82) is 0 Å². The maximum atomic E-state index is 5.42. The Morgan fingerprint density at radius 1 is 1.17 bits per heavy atom. The average molecular weight is 322 g/mol. The fraction of sp³-hybridized carbons (Fsp3) is 0.368. The number of hydrogen-bond acceptors (Lipinski definition) is 4. The Bertz CT molecular complexity index is 865. The van der Waals surface area contributed by atoms with E-state index in [2.05, 4.69) is 46.1 Å². The van der Waals surface area contributed by atoms with Gasteiger partial charge in [-0.2, -0.15) is 0 Å². The standard InChI is InChI=1S/C19H22N4O/c1-13-9-18(19-14(2)20-12-21-19)22-17-4-3-15(10-16(13)17)11-23-5-7-24-8-6-23/h3-4,9-10,12H,5-8,11H2,1-2H3,(H,20,21). The van der Waals surface area contributed by atoms with Gasteiger partial charge in [-0.15, -0.1) is 0 Å². The number of nitrogens with one attached hydrogen (secondary N) is 1. The molecule has 5 heteroatoms. The van der Waals surface area contributed by atoms with Gasteiger partial charge in [0.15, 0.2) is 0 Å². The van der Waals surface area contributed by atoms with Crippen molar-refractivity contribution in [2.45, 2.75) is 20.4 Å². The number of ether oxygens (including phenoxy) is 1. The van der Waals surface area contributed by atoms with Crippen molar-refractivity contribution < 1.29 is 4.74 Å². The maximum Gasteiger partial charge on any atom is 0.109 e. The van der Waals surface area contributed by atoms with Gasteiger partial charge in [-0.25, -0.2) is 9.97 Å². The van der Waals surface area contributed by atoms with Crippen molar-refractivity contribution in [2.75, 3.05) is 26.3 Å². The molecular formula is C19H22N4O. The van der Waals surface area contributed by atoms with Crippen molar-refractivity contribution in [1.82, 2.24) is 19.9 Å². The highest BCUT2D eigenvalue weighted by molar-refractivity contribution is 5.85. The zero-order valence-electron chi connectivity index (χ0n) is 14.2. The number of H-pyrrole nitrogens is 1. The molecule has 1 aliphatic heterocycles. The molecule has 1 N–H and O–H groups in total. The number of morpholine rings is 1. The van der Waals surface area contributed by atoms with Gasteiger partial charge in [-0.1, -0.05) is 6.07 Å². The number of rotatable bonds is 3. The summed E-state index contributed by atoms with van der Waals surface area (Å²) in [6.07, 6.45) is 1.72. The predicted molar refractivity (Wildman–Crippen MR) is 94.9 cm³/mol. The number of fused-ring (bicyclic) bond motifs is 1. The Hall–Kier alpha value is -2.24. The summed E-state index contributed by atoms with van der Waals surface area (Å²) in [6.45, 7) is 8.82. The summed E-state index contributed by atoms with van der Waals surface area (Å²) < 4.78 is 5.42. The lowest BCUT2D eigenvalue weighted by Gasteiger charge is -2.26. The zero-order chi connectivity index (χ0) is 16.5. The van der Waals surface area contributed by atoms with Crippen molar-refractivity contribution in [3.63, 3.8) is 0 Å². The van der Waals surface area contributed by atoms with Gasteiger partial charge < -0.3 is 9.72 Å². The van der Waals surface area contributed by atoms with E-state index in [9.17, 15) is 0 Å². The predicted octanol–water partition coefficient (Wildman–Crippen LogP) is 3.07. The fourth-order valence-electron chi connectivity index (χ4n) is 3.30. The van der Waals surface area contributed by atoms with Crippen molar-refractivity contribution in [3.8, 4) is 11.4 Å². The Morgan fingerprint density at radius 3 is 2.75 bits per heavy atom. The minimum absolute atomic E-state index is 0.834. The molecule has 1 saturated heterocycles. The highest BCUT2D eigenvalue weighted by Crippen LogP contribution is 2.26. The van der Waals surface area contributed by atoms with Crippen LogP contribution in [0.5, 0.6) is 0 Å². The molecule has 1 aliphatic rings. The van der Waals surface area contributed by atoms with Crippen LogP contribution in [0.2, 0.25) is 0 Å². The molecule has 3 heterocycles. The SMILES string of the molecule is Cc1[nH]cnc1-c1cc(C)c2cc(CN3CCOCC3)ccc2n1. The number of aryl methyl sites for hydroxylation is 2. The number of aromatic amines is 1. The molecular weight excluding hydrogens is 300 g/mol. The summed E-state index contributed by atoms with van der Waals surface area (Å²) in [5.74, 6) is 0. The second-order valence-corrected chi connectivity index (χ2v) is 6.44. The lowest BCUT2D eigenvalue weighted by atomic mass is 10.0. The minimum Gasteiger partial charge on any atom is -0.379 e. The number of pyridine rings is 1. The van der Waals surface area contributed by atoms with Gasteiger partial charge in [0.25, 0.3) is 0 Å². The highest BCUT2D eigenvalue weighted by Gasteiger charge is 2.13. The molecule has 0 unspecified atom stereocenters. The molecule has 5 nitrogen and oxygen atoms in total. The van der Waals surface area contributed by atoms with E-state index < -0.39 is 0 Å². The van der Waals surface area contributed by atoms with Crippen molar-refractivity contribution in [2.24, 2.45) is 0 Å². The lowest BCUT2D eigenvalue weighted by Crippen LogP contribution is -2.35. The number of nitrogens with zero attached hydrogens (tertiary/aromatic N) is 3. The molecule has 0 radical (unpaired) electrons. The first-order valence-corrected chi connectivity index (χ1v) is 8.41. The van der Waals surface area contributed by atoms with E-state index >= 15 is 0 Å². The largest absolute Gasteiger partial charge is 0.379 e. The van der Waals surface area contributed by atoms with Crippen molar-refractivity contribution >= 4 is 10.9 Å². The maximum absolute atomic E-state index is 5.42. The Balaban J connectivity index is 1.67. The van der Waals surface area contributed by atoms with Crippen LogP contribution >= 0.6 is 0 Å². The third kappa shape index (κ3) is 2.92. The van der Waals surface area contributed by atoms with E-state index in [-0.39, 0.29) is 0 Å². The van der Waals surface area contributed by atoms with E-state index in [0.29, 0.717) is 0 Å². The van der Waals surface area contributed by atoms with Crippen LogP contribution in [0, 0.1) is 13.8 Å². The molecule has 0 aliphatic carbocycles. The van der Waals surface area contributed by atoms with Crippen LogP contribution in [0.25, 0.3) is 22.3 Å². The quantitative estimate of drug-likeness (QED) is 0.805. The summed E-state index contributed by atoms with van der Waals surface area (Å²) in [7, 11) is 0. The smallest absolute Gasteiger partial charge is 0.109 e. The molecule has 0 amide bonds. The first-order chi connectivity index (χ1) is 11.7. The van der Waals surface area contributed by atoms with E-state index in [0.717, 1.165) is 55.4 Å². The molecule has 1 aromatic carbocycles. The Kier molecular flexibility index (Phi) is 4.04. The van der Waals surface area contributed by atoms with Crippen LogP contribution in [0.4, 0.5) is 0 Å². The average Bonchev–Trinajstić information content (AvgIpc) is 3.02. The molecule has 1 fully saturated rings. The van der Waals surface area contributed by atoms with Crippen LogP contribution in [-0.4, -0.2) is 46.2 Å². The molecule has 0 saturated carbocycles. The highest BCUT2D eigenvalue weighted by atomic mass is 16.5. The van der Waals surface area contributed by atoms with Gasteiger partial charge in [-0.05, 0) is 43.2 Å². The van der Waals surface area contributed by atoms with Crippen LogP contribution in [0.15, 0.2) is 30.6 Å². The second kappa shape index (κ2) is 6.34. The van der Waals surface area contributed by atoms with Gasteiger partial charge >= 0.3 is 0 Å². The van der Waals surface area contributed by atoms with Gasteiger partial charge in [0.1, 0.15) is 5.69 Å². The fourth-order valence-corrected chi connectivity index (χ4v) is 3.30. The van der Waals surface area contributed by atoms with Crippen LogP contribution in [-0.2, 0) is 11.3 Å². The summed E-state index contributed by atoms with van der Waals surface area (Å²) in [5, 5.41) is 1.22. The summed E-state index contributed by atoms with van der Waals surface area (Å²) in [5.41, 5.74) is 6.50.